The van der Waals surface area contributed by atoms with Gasteiger partial charge in [0.25, 0.3) is 5.56 Å². The summed E-state index contributed by atoms with van der Waals surface area (Å²) in [6, 6.07) is 6.00. The van der Waals surface area contributed by atoms with Crippen LogP contribution in [0.1, 0.15) is 31.7 Å². The predicted molar refractivity (Wildman–Crippen MR) is 79.2 cm³/mol. The molecule has 1 aromatic carbocycles. The third-order valence-electron chi connectivity index (χ3n) is 3.49. The predicted octanol–water partition coefficient (Wildman–Crippen LogP) is 2.89. The maximum absolute atomic E-state index is 13.4. The first-order valence-electron chi connectivity index (χ1n) is 7.21. The van der Waals surface area contributed by atoms with Gasteiger partial charge in [0, 0.05) is 16.9 Å². The molecule has 4 heteroatoms. The van der Waals surface area contributed by atoms with E-state index in [0.717, 1.165) is 19.3 Å². The Balaban J connectivity index is 2.11. The van der Waals surface area contributed by atoms with Gasteiger partial charge in [-0.3, -0.25) is 4.79 Å². The summed E-state index contributed by atoms with van der Waals surface area (Å²) < 4.78 is 14.6. The molecule has 0 unspecified atom stereocenters. The highest BCUT2D eigenvalue weighted by Gasteiger charge is 2.18. The third-order valence-corrected chi connectivity index (χ3v) is 3.49. The number of hydrogen-bond acceptors (Lipinski definition) is 2. The van der Waals surface area contributed by atoms with Crippen LogP contribution in [0.5, 0.6) is 0 Å². The lowest BCUT2D eigenvalue weighted by molar-refractivity contribution is 0.238. The molecule has 21 heavy (non-hydrogen) atoms. The molecule has 1 aliphatic rings. The fraction of sp³-hybridized carbons (Fsp3) is 0.353. The van der Waals surface area contributed by atoms with Gasteiger partial charge in [0.2, 0.25) is 0 Å². The number of aryl methyl sites for hydroxylation is 1. The molecule has 0 saturated heterocycles. The number of rotatable bonds is 3. The summed E-state index contributed by atoms with van der Waals surface area (Å²) in [6.45, 7) is 1.99. The van der Waals surface area contributed by atoms with E-state index in [1.54, 1.807) is 12.1 Å². The van der Waals surface area contributed by atoms with E-state index in [4.69, 9.17) is 4.84 Å². The average molecular weight is 285 g/mol. The minimum Gasteiger partial charge on any atom is -0.318 e. The van der Waals surface area contributed by atoms with E-state index in [2.05, 4.69) is 12.0 Å². The summed E-state index contributed by atoms with van der Waals surface area (Å²) in [4.78, 5) is 17.8. The van der Waals surface area contributed by atoms with E-state index in [0.29, 0.717) is 28.8 Å². The second kappa shape index (κ2) is 5.61. The van der Waals surface area contributed by atoms with Crippen molar-refractivity contribution >= 4 is 10.9 Å². The zero-order valence-electron chi connectivity index (χ0n) is 11.9. The van der Waals surface area contributed by atoms with Crippen molar-refractivity contribution in [1.29, 1.82) is 0 Å². The van der Waals surface area contributed by atoms with Crippen LogP contribution in [-0.4, -0.2) is 4.73 Å². The van der Waals surface area contributed by atoms with E-state index >= 15 is 0 Å². The second-order valence-electron chi connectivity index (χ2n) is 5.33. The van der Waals surface area contributed by atoms with Crippen LogP contribution in [0, 0.1) is 23.8 Å². The van der Waals surface area contributed by atoms with E-state index in [1.165, 1.54) is 16.9 Å². The topological polar surface area (TPSA) is 31.2 Å². The van der Waals surface area contributed by atoms with Gasteiger partial charge in [0.1, 0.15) is 11.9 Å². The van der Waals surface area contributed by atoms with Crippen LogP contribution in [0.15, 0.2) is 29.1 Å². The van der Waals surface area contributed by atoms with Gasteiger partial charge in [0.15, 0.2) is 0 Å². The molecule has 0 radical (unpaired) electrons. The van der Waals surface area contributed by atoms with Crippen LogP contribution < -0.4 is 10.4 Å². The van der Waals surface area contributed by atoms with Crippen LogP contribution in [0.3, 0.4) is 0 Å². The third kappa shape index (κ3) is 2.92. The zero-order chi connectivity index (χ0) is 14.8. The summed E-state index contributed by atoms with van der Waals surface area (Å²) >= 11 is 0. The monoisotopic (exact) mass is 285 g/mol. The number of fused-ring (bicyclic) bond motifs is 1. The summed E-state index contributed by atoms with van der Waals surface area (Å²) in [5.74, 6) is 3.01. The summed E-state index contributed by atoms with van der Waals surface area (Å²) in [5, 5.41) is 0.645. The molecule has 1 heterocycles. The number of halogens is 1. The van der Waals surface area contributed by atoms with Gasteiger partial charge < -0.3 is 4.84 Å². The van der Waals surface area contributed by atoms with Crippen molar-refractivity contribution < 1.29 is 9.23 Å². The van der Waals surface area contributed by atoms with Crippen LogP contribution in [0.4, 0.5) is 4.39 Å². The van der Waals surface area contributed by atoms with Crippen LogP contribution in [0.25, 0.3) is 10.9 Å². The molecule has 0 aliphatic heterocycles. The van der Waals surface area contributed by atoms with Crippen molar-refractivity contribution in [2.24, 2.45) is 5.92 Å². The molecule has 0 spiro atoms. The number of pyridine rings is 1. The number of nitrogens with zero attached hydrogens (tertiary/aromatic N) is 1. The van der Waals surface area contributed by atoms with Gasteiger partial charge in [-0.2, -0.15) is 0 Å². The molecule has 1 fully saturated rings. The lowest BCUT2D eigenvalue weighted by Gasteiger charge is -2.09. The Labute approximate surface area is 122 Å². The smallest absolute Gasteiger partial charge is 0.288 e. The lowest BCUT2D eigenvalue weighted by Crippen LogP contribution is -2.28. The van der Waals surface area contributed by atoms with E-state index in [1.807, 2.05) is 6.92 Å². The zero-order valence-corrected chi connectivity index (χ0v) is 11.9. The van der Waals surface area contributed by atoms with Crippen molar-refractivity contribution in [1.82, 2.24) is 4.73 Å². The molecule has 0 amide bonds. The highest BCUT2D eigenvalue weighted by Crippen LogP contribution is 2.27. The van der Waals surface area contributed by atoms with Gasteiger partial charge in [0.05, 0.1) is 5.52 Å². The highest BCUT2D eigenvalue weighted by atomic mass is 19.1. The summed E-state index contributed by atoms with van der Waals surface area (Å²) in [6.07, 6.45) is 6.25. The van der Waals surface area contributed by atoms with Gasteiger partial charge in [-0.1, -0.05) is 19.3 Å². The molecule has 1 saturated carbocycles. The Bertz CT molecular complexity index is 794. The Morgan fingerprint density at radius 3 is 2.90 bits per heavy atom. The first-order valence-corrected chi connectivity index (χ1v) is 7.21. The maximum Gasteiger partial charge on any atom is 0.288 e. The highest BCUT2D eigenvalue weighted by molar-refractivity contribution is 5.79. The fourth-order valence-electron chi connectivity index (χ4n) is 2.24. The molecule has 1 aromatic heterocycles. The SMILES string of the molecule is CCCc1cc2cc(F)ccc2n(OC#CC2CC2)c1=O. The Morgan fingerprint density at radius 2 is 2.19 bits per heavy atom. The number of hydrogen-bond donors (Lipinski definition) is 0. The van der Waals surface area contributed by atoms with Gasteiger partial charge >= 0.3 is 0 Å². The first kappa shape index (κ1) is 13.7. The molecule has 3 nitrogen and oxygen atoms in total. The second-order valence-corrected chi connectivity index (χ2v) is 5.33. The largest absolute Gasteiger partial charge is 0.318 e. The van der Waals surface area contributed by atoms with Crippen LogP contribution in [0.2, 0.25) is 0 Å². The Morgan fingerprint density at radius 1 is 1.38 bits per heavy atom. The van der Waals surface area contributed by atoms with Crippen molar-refractivity contribution in [3.63, 3.8) is 0 Å². The molecule has 0 N–H and O–H groups in total. The molecule has 3 rings (SSSR count). The average Bonchev–Trinajstić information content (AvgIpc) is 3.27. The van der Waals surface area contributed by atoms with E-state index in [-0.39, 0.29) is 11.4 Å². The minimum absolute atomic E-state index is 0.221. The molecule has 2 aromatic rings. The number of aromatic nitrogens is 1. The molecule has 0 bridgehead atoms. The Hall–Kier alpha value is -2.28. The normalized spacial score (nSPS) is 13.8. The van der Waals surface area contributed by atoms with Crippen LogP contribution >= 0.6 is 0 Å². The molecular formula is C17H16FNO2. The quantitative estimate of drug-likeness (QED) is 0.812. The van der Waals surface area contributed by atoms with Crippen molar-refractivity contribution in [2.75, 3.05) is 0 Å². The van der Waals surface area contributed by atoms with E-state index in [9.17, 15) is 9.18 Å². The van der Waals surface area contributed by atoms with Crippen molar-refractivity contribution in [3.05, 3.63) is 46.0 Å². The first-order chi connectivity index (χ1) is 10.2. The van der Waals surface area contributed by atoms with Crippen LogP contribution in [-0.2, 0) is 6.42 Å². The van der Waals surface area contributed by atoms with Crippen molar-refractivity contribution in [3.8, 4) is 12.0 Å². The molecule has 108 valence electrons. The number of benzene rings is 1. The molecule has 1 aliphatic carbocycles. The van der Waals surface area contributed by atoms with Gasteiger partial charge in [-0.05, 0) is 43.5 Å². The molecule has 0 atom stereocenters. The molecular weight excluding hydrogens is 269 g/mol. The maximum atomic E-state index is 13.4. The van der Waals surface area contributed by atoms with E-state index < -0.39 is 0 Å². The van der Waals surface area contributed by atoms with Gasteiger partial charge in [-0.25, -0.2) is 4.39 Å². The summed E-state index contributed by atoms with van der Waals surface area (Å²) in [7, 11) is 0. The minimum atomic E-state index is -0.334. The van der Waals surface area contributed by atoms with Gasteiger partial charge in [-0.15, -0.1) is 4.73 Å². The summed E-state index contributed by atoms with van der Waals surface area (Å²) in [5.41, 5.74) is 0.927. The Kier molecular flexibility index (Phi) is 3.66. The standard InChI is InChI=1S/C17H16FNO2/c1-2-3-13-10-14-11-15(18)6-7-16(14)19(17(13)20)21-9-8-12-4-5-12/h6-7,10-12H,2-5H2,1H3. The van der Waals surface area contributed by atoms with Crippen molar-refractivity contribution in [2.45, 2.75) is 32.6 Å². The lowest BCUT2D eigenvalue weighted by atomic mass is 10.1. The fourth-order valence-corrected chi connectivity index (χ4v) is 2.24.